The Bertz CT molecular complexity index is 1410. The predicted octanol–water partition coefficient (Wildman–Crippen LogP) is 3.44. The summed E-state index contributed by atoms with van der Waals surface area (Å²) in [4.78, 5) is 8.48. The first-order chi connectivity index (χ1) is 14.5. The molecule has 0 fully saturated rings. The molecule has 8 nitrogen and oxygen atoms in total. The highest BCUT2D eigenvalue weighted by Gasteiger charge is 2.19. The molecule has 0 atom stereocenters. The van der Waals surface area contributed by atoms with Crippen molar-refractivity contribution in [2.24, 2.45) is 0 Å². The van der Waals surface area contributed by atoms with Crippen molar-refractivity contribution in [2.45, 2.75) is 0 Å². The molecule has 0 saturated carbocycles. The number of fused-ring (bicyclic) bond motifs is 1. The molecule has 11 heteroatoms. The van der Waals surface area contributed by atoms with Crippen LogP contribution in [-0.2, 0) is 0 Å². The van der Waals surface area contributed by atoms with Crippen molar-refractivity contribution in [3.05, 3.63) is 60.3 Å². The van der Waals surface area contributed by atoms with Gasteiger partial charge in [0, 0.05) is 11.8 Å². The van der Waals surface area contributed by atoms with Crippen LogP contribution in [0.4, 0.5) is 19.7 Å². The third-order valence-corrected chi connectivity index (χ3v) is 5.37. The molecule has 0 unspecified atom stereocenters. The summed E-state index contributed by atoms with van der Waals surface area (Å²) in [6.07, 6.45) is 1.61. The average Bonchev–Trinajstić information content (AvgIpc) is 3.35. The molecule has 0 aliphatic carbocycles. The van der Waals surface area contributed by atoms with Crippen molar-refractivity contribution in [1.29, 1.82) is 0 Å². The molecule has 2 aromatic carbocycles. The maximum Gasteiger partial charge on any atom is 0.190 e. The Morgan fingerprint density at radius 3 is 2.73 bits per heavy atom. The minimum absolute atomic E-state index is 0.134. The summed E-state index contributed by atoms with van der Waals surface area (Å²) in [6, 6.07) is 11.2. The second-order valence-electron chi connectivity index (χ2n) is 6.38. The predicted molar refractivity (Wildman–Crippen MR) is 110 cm³/mol. The van der Waals surface area contributed by atoms with Gasteiger partial charge in [0.15, 0.2) is 22.6 Å². The van der Waals surface area contributed by atoms with Gasteiger partial charge < -0.3 is 11.5 Å². The van der Waals surface area contributed by atoms with Crippen molar-refractivity contribution in [2.75, 3.05) is 11.5 Å². The van der Waals surface area contributed by atoms with Crippen LogP contribution in [0.2, 0.25) is 0 Å². The standard InChI is InChI=1S/C19H12F2N8S/c20-12-2-1-3-14(16(12)21)29-18(26-27-28-29)11-6-10(8-24-17(11)22)9-4-5-13-15(7-9)30-19(23)25-13/h1-8H,(H2,22,24)(H2,23,25). The van der Waals surface area contributed by atoms with E-state index in [4.69, 9.17) is 11.5 Å². The van der Waals surface area contributed by atoms with Gasteiger partial charge in [-0.05, 0) is 46.3 Å². The van der Waals surface area contributed by atoms with Gasteiger partial charge in [0.2, 0.25) is 0 Å². The molecule has 0 aliphatic heterocycles. The van der Waals surface area contributed by atoms with E-state index < -0.39 is 11.6 Å². The van der Waals surface area contributed by atoms with E-state index in [0.29, 0.717) is 10.7 Å². The summed E-state index contributed by atoms with van der Waals surface area (Å²) in [6.45, 7) is 0. The number of thiazole rings is 1. The minimum Gasteiger partial charge on any atom is -0.383 e. The monoisotopic (exact) mass is 422 g/mol. The number of pyridine rings is 1. The number of tetrazole rings is 1. The lowest BCUT2D eigenvalue weighted by atomic mass is 10.0. The van der Waals surface area contributed by atoms with Gasteiger partial charge >= 0.3 is 0 Å². The van der Waals surface area contributed by atoms with Crippen LogP contribution in [0, 0.1) is 11.6 Å². The Hall–Kier alpha value is -3.99. The molecule has 0 spiro atoms. The van der Waals surface area contributed by atoms with Crippen molar-refractivity contribution in [3.8, 4) is 28.2 Å². The number of nitrogens with two attached hydrogens (primary N) is 2. The minimum atomic E-state index is -1.07. The lowest BCUT2D eigenvalue weighted by Crippen LogP contribution is -2.06. The molecule has 0 bridgehead atoms. The zero-order valence-corrected chi connectivity index (χ0v) is 15.9. The lowest BCUT2D eigenvalue weighted by Gasteiger charge is -2.09. The van der Waals surface area contributed by atoms with Gasteiger partial charge in [-0.3, -0.25) is 0 Å². The number of nitrogens with zero attached hydrogens (tertiary/aromatic N) is 6. The fourth-order valence-electron chi connectivity index (χ4n) is 3.11. The summed E-state index contributed by atoms with van der Waals surface area (Å²) in [5.41, 5.74) is 14.5. The van der Waals surface area contributed by atoms with E-state index in [0.717, 1.165) is 32.1 Å². The molecule has 148 valence electrons. The first kappa shape index (κ1) is 18.1. The van der Waals surface area contributed by atoms with Gasteiger partial charge in [-0.2, -0.15) is 4.68 Å². The molecule has 0 radical (unpaired) electrons. The first-order valence-electron chi connectivity index (χ1n) is 8.66. The van der Waals surface area contributed by atoms with Gasteiger partial charge in [-0.1, -0.05) is 23.5 Å². The smallest absolute Gasteiger partial charge is 0.190 e. The number of halogens is 2. The second-order valence-corrected chi connectivity index (χ2v) is 7.44. The molecule has 3 aromatic heterocycles. The summed E-state index contributed by atoms with van der Waals surface area (Å²) >= 11 is 1.38. The molecule has 4 N–H and O–H groups in total. The largest absolute Gasteiger partial charge is 0.383 e. The van der Waals surface area contributed by atoms with Gasteiger partial charge in [0.05, 0.1) is 15.8 Å². The molecule has 5 aromatic rings. The van der Waals surface area contributed by atoms with Crippen LogP contribution in [0.1, 0.15) is 0 Å². The van der Waals surface area contributed by atoms with E-state index in [1.165, 1.54) is 23.5 Å². The Morgan fingerprint density at radius 2 is 1.87 bits per heavy atom. The van der Waals surface area contributed by atoms with Crippen molar-refractivity contribution >= 4 is 32.5 Å². The van der Waals surface area contributed by atoms with E-state index in [-0.39, 0.29) is 17.3 Å². The average molecular weight is 422 g/mol. The fourth-order valence-corrected chi connectivity index (χ4v) is 3.88. The summed E-state index contributed by atoms with van der Waals surface area (Å²) in [5, 5.41) is 11.8. The Balaban J connectivity index is 1.64. The number of nitrogen functional groups attached to an aromatic ring is 2. The molecule has 5 rings (SSSR count). The van der Waals surface area contributed by atoms with Crippen LogP contribution >= 0.6 is 11.3 Å². The molecule has 30 heavy (non-hydrogen) atoms. The topological polar surface area (TPSA) is 121 Å². The zero-order chi connectivity index (χ0) is 20.8. The number of anilines is 2. The van der Waals surface area contributed by atoms with Crippen LogP contribution < -0.4 is 11.5 Å². The lowest BCUT2D eigenvalue weighted by molar-refractivity contribution is 0.501. The fraction of sp³-hybridized carbons (Fsp3) is 0. The summed E-state index contributed by atoms with van der Waals surface area (Å²) < 4.78 is 30.0. The Labute approximate surface area is 171 Å². The molecule has 3 heterocycles. The maximum absolute atomic E-state index is 14.3. The van der Waals surface area contributed by atoms with Crippen LogP contribution in [0.15, 0.2) is 48.7 Å². The Kier molecular flexibility index (Phi) is 4.10. The van der Waals surface area contributed by atoms with E-state index in [9.17, 15) is 8.78 Å². The van der Waals surface area contributed by atoms with Crippen LogP contribution in [0.5, 0.6) is 0 Å². The molecule has 0 saturated heterocycles. The molecular formula is C19H12F2N8S. The van der Waals surface area contributed by atoms with Gasteiger partial charge in [0.1, 0.15) is 11.5 Å². The van der Waals surface area contributed by atoms with Gasteiger partial charge in [-0.15, -0.1) is 5.10 Å². The number of hydrogen-bond acceptors (Lipinski definition) is 8. The normalized spacial score (nSPS) is 11.3. The second kappa shape index (κ2) is 6.81. The third-order valence-electron chi connectivity index (χ3n) is 4.53. The Morgan fingerprint density at radius 1 is 1.00 bits per heavy atom. The molecule has 0 amide bonds. The highest BCUT2D eigenvalue weighted by molar-refractivity contribution is 7.22. The quantitative estimate of drug-likeness (QED) is 0.457. The first-order valence-corrected chi connectivity index (χ1v) is 9.48. The van der Waals surface area contributed by atoms with Gasteiger partial charge in [0.25, 0.3) is 0 Å². The van der Waals surface area contributed by atoms with Crippen molar-refractivity contribution in [1.82, 2.24) is 30.2 Å². The van der Waals surface area contributed by atoms with E-state index in [1.54, 1.807) is 12.3 Å². The number of benzene rings is 2. The van der Waals surface area contributed by atoms with Crippen molar-refractivity contribution in [3.63, 3.8) is 0 Å². The van der Waals surface area contributed by atoms with E-state index in [1.807, 2.05) is 18.2 Å². The zero-order valence-electron chi connectivity index (χ0n) is 15.1. The highest BCUT2D eigenvalue weighted by Crippen LogP contribution is 2.33. The van der Waals surface area contributed by atoms with E-state index >= 15 is 0 Å². The highest BCUT2D eigenvalue weighted by atomic mass is 32.1. The summed E-state index contributed by atoms with van der Waals surface area (Å²) in [5.74, 6) is -1.79. The third kappa shape index (κ3) is 2.92. The van der Waals surface area contributed by atoms with Crippen LogP contribution in [0.3, 0.4) is 0 Å². The summed E-state index contributed by atoms with van der Waals surface area (Å²) in [7, 11) is 0. The number of aromatic nitrogens is 6. The van der Waals surface area contributed by atoms with Crippen LogP contribution in [0.25, 0.3) is 38.4 Å². The molecular weight excluding hydrogens is 410 g/mol. The van der Waals surface area contributed by atoms with Crippen molar-refractivity contribution < 1.29 is 8.78 Å². The van der Waals surface area contributed by atoms with Gasteiger partial charge in [-0.25, -0.2) is 18.7 Å². The van der Waals surface area contributed by atoms with E-state index in [2.05, 4.69) is 25.5 Å². The maximum atomic E-state index is 14.3. The SMILES string of the molecule is Nc1nc2ccc(-c3cnc(N)c(-c4nnnn4-c4cccc(F)c4F)c3)cc2s1. The molecule has 0 aliphatic rings. The van der Waals surface area contributed by atoms with Crippen LogP contribution in [-0.4, -0.2) is 30.2 Å². The number of rotatable bonds is 3. The number of hydrogen-bond donors (Lipinski definition) is 2.